The summed E-state index contributed by atoms with van der Waals surface area (Å²) in [6, 6.07) is 8.91. The van der Waals surface area contributed by atoms with Gasteiger partial charge in [0.2, 0.25) is 0 Å². The largest absolute Gasteiger partial charge is 0.506 e. The minimum Gasteiger partial charge on any atom is -0.506 e. The van der Waals surface area contributed by atoms with Crippen LogP contribution < -0.4 is 5.32 Å². The maximum atomic E-state index is 11.5. The molecule has 0 aliphatic rings. The highest BCUT2D eigenvalue weighted by Gasteiger charge is 2.16. The quantitative estimate of drug-likeness (QED) is 0.615. The van der Waals surface area contributed by atoms with Crippen LogP contribution in [-0.2, 0) is 4.74 Å². The maximum Gasteiger partial charge on any atom is 0.341 e. The van der Waals surface area contributed by atoms with Gasteiger partial charge in [-0.3, -0.25) is 0 Å². The predicted octanol–water partition coefficient (Wildman–Crippen LogP) is 2.37. The first kappa shape index (κ1) is 11.3. The molecule has 88 valence electrons. The van der Waals surface area contributed by atoms with Crippen molar-refractivity contribution in [2.45, 2.75) is 0 Å². The topological polar surface area (TPSA) is 58.6 Å². The molecular weight excluding hydrogens is 218 g/mol. The summed E-state index contributed by atoms with van der Waals surface area (Å²) in [6.45, 7) is 0. The third-order valence-electron chi connectivity index (χ3n) is 2.69. The number of benzene rings is 2. The summed E-state index contributed by atoms with van der Waals surface area (Å²) in [5.74, 6) is -0.601. The first-order chi connectivity index (χ1) is 8.19. The van der Waals surface area contributed by atoms with Crippen LogP contribution in [0.15, 0.2) is 30.3 Å². The third kappa shape index (κ3) is 1.78. The molecule has 2 aromatic carbocycles. The number of nitrogens with one attached hydrogen (secondary N) is 1. The number of phenols is 1. The zero-order chi connectivity index (χ0) is 12.4. The van der Waals surface area contributed by atoms with Crippen LogP contribution in [0.2, 0.25) is 0 Å². The molecule has 0 aliphatic heterocycles. The monoisotopic (exact) mass is 231 g/mol. The summed E-state index contributed by atoms with van der Waals surface area (Å²) < 4.78 is 4.64. The fourth-order valence-electron chi connectivity index (χ4n) is 1.83. The molecule has 0 saturated heterocycles. The van der Waals surface area contributed by atoms with Gasteiger partial charge in [0, 0.05) is 23.5 Å². The Kier molecular flexibility index (Phi) is 2.87. The molecule has 0 saturated carbocycles. The normalized spacial score (nSPS) is 10.2. The lowest BCUT2D eigenvalue weighted by molar-refractivity contribution is 0.0598. The molecule has 4 heteroatoms. The van der Waals surface area contributed by atoms with Crippen molar-refractivity contribution in [3.8, 4) is 5.75 Å². The van der Waals surface area contributed by atoms with E-state index >= 15 is 0 Å². The van der Waals surface area contributed by atoms with Gasteiger partial charge in [-0.25, -0.2) is 4.79 Å². The Bertz CT molecular complexity index is 578. The Labute approximate surface area is 98.8 Å². The number of anilines is 1. The van der Waals surface area contributed by atoms with Crippen molar-refractivity contribution in [3.05, 3.63) is 35.9 Å². The van der Waals surface area contributed by atoms with E-state index in [9.17, 15) is 9.90 Å². The molecule has 2 N–H and O–H groups in total. The molecule has 0 aromatic heterocycles. The molecule has 0 radical (unpaired) electrons. The lowest BCUT2D eigenvalue weighted by Crippen LogP contribution is -2.03. The van der Waals surface area contributed by atoms with Gasteiger partial charge in [0.1, 0.15) is 11.3 Å². The Morgan fingerprint density at radius 2 is 1.94 bits per heavy atom. The average Bonchev–Trinajstić information content (AvgIpc) is 2.39. The van der Waals surface area contributed by atoms with Gasteiger partial charge in [0.15, 0.2) is 0 Å². The van der Waals surface area contributed by atoms with Gasteiger partial charge in [0.25, 0.3) is 0 Å². The maximum absolute atomic E-state index is 11.5. The summed E-state index contributed by atoms with van der Waals surface area (Å²) >= 11 is 0. The van der Waals surface area contributed by atoms with E-state index in [0.29, 0.717) is 5.39 Å². The fourth-order valence-corrected chi connectivity index (χ4v) is 1.83. The van der Waals surface area contributed by atoms with Gasteiger partial charge >= 0.3 is 5.97 Å². The van der Waals surface area contributed by atoms with Gasteiger partial charge in [-0.1, -0.05) is 24.3 Å². The molecule has 0 aliphatic carbocycles. The molecule has 0 unspecified atom stereocenters. The van der Waals surface area contributed by atoms with Crippen LogP contribution in [-0.4, -0.2) is 25.2 Å². The van der Waals surface area contributed by atoms with Gasteiger partial charge in [-0.2, -0.15) is 0 Å². The van der Waals surface area contributed by atoms with Gasteiger partial charge in [-0.05, 0) is 6.07 Å². The zero-order valence-electron chi connectivity index (χ0n) is 9.65. The van der Waals surface area contributed by atoms with E-state index in [1.54, 1.807) is 19.2 Å². The lowest BCUT2D eigenvalue weighted by Gasteiger charge is -2.11. The summed E-state index contributed by atoms with van der Waals surface area (Å²) in [6.07, 6.45) is 0. The number of hydrogen-bond donors (Lipinski definition) is 2. The summed E-state index contributed by atoms with van der Waals surface area (Å²) in [7, 11) is 3.05. The number of methoxy groups -OCH3 is 1. The Morgan fingerprint density at radius 1 is 1.29 bits per heavy atom. The van der Waals surface area contributed by atoms with E-state index in [1.165, 1.54) is 7.11 Å². The van der Waals surface area contributed by atoms with Crippen molar-refractivity contribution >= 4 is 22.4 Å². The Hall–Kier alpha value is -2.23. The fraction of sp³-hybridized carbons (Fsp3) is 0.154. The number of ether oxygens (including phenoxy) is 1. The standard InChI is InChI=1S/C13H13NO3/c1-14-11-7-10(13(16)17-2)12(15)9-6-4-3-5-8(9)11/h3-7,14-15H,1-2H3. The highest BCUT2D eigenvalue weighted by Crippen LogP contribution is 2.34. The van der Waals surface area contributed by atoms with E-state index in [1.807, 2.05) is 18.2 Å². The first-order valence-electron chi connectivity index (χ1n) is 5.19. The molecule has 0 fully saturated rings. The van der Waals surface area contributed by atoms with Gasteiger partial charge in [0.05, 0.1) is 7.11 Å². The molecule has 4 nitrogen and oxygen atoms in total. The molecule has 0 bridgehead atoms. The van der Waals surface area contributed by atoms with Crippen LogP contribution in [0, 0.1) is 0 Å². The predicted molar refractivity (Wildman–Crippen MR) is 66.5 cm³/mol. The summed E-state index contributed by atoms with van der Waals surface area (Å²) in [5.41, 5.74) is 0.939. The number of aromatic hydroxyl groups is 1. The third-order valence-corrected chi connectivity index (χ3v) is 2.69. The van der Waals surface area contributed by atoms with E-state index in [-0.39, 0.29) is 11.3 Å². The van der Waals surface area contributed by atoms with Crippen LogP contribution >= 0.6 is 0 Å². The number of carbonyl (C=O) groups excluding carboxylic acids is 1. The van der Waals surface area contributed by atoms with E-state index in [2.05, 4.69) is 10.1 Å². The van der Waals surface area contributed by atoms with Crippen molar-refractivity contribution < 1.29 is 14.6 Å². The first-order valence-corrected chi connectivity index (χ1v) is 5.19. The number of esters is 1. The number of fused-ring (bicyclic) bond motifs is 1. The highest BCUT2D eigenvalue weighted by molar-refractivity contribution is 6.06. The minimum absolute atomic E-state index is 0.0496. The smallest absolute Gasteiger partial charge is 0.341 e. The molecular formula is C13H13NO3. The van der Waals surface area contributed by atoms with Gasteiger partial charge < -0.3 is 15.2 Å². The number of carbonyl (C=O) groups is 1. The average molecular weight is 231 g/mol. The van der Waals surface area contributed by atoms with Crippen molar-refractivity contribution in [3.63, 3.8) is 0 Å². The summed E-state index contributed by atoms with van der Waals surface area (Å²) in [4.78, 5) is 11.5. The highest BCUT2D eigenvalue weighted by atomic mass is 16.5. The molecule has 17 heavy (non-hydrogen) atoms. The zero-order valence-corrected chi connectivity index (χ0v) is 9.65. The Morgan fingerprint density at radius 3 is 2.53 bits per heavy atom. The Balaban J connectivity index is 2.80. The van der Waals surface area contributed by atoms with Crippen molar-refractivity contribution in [2.24, 2.45) is 0 Å². The molecule has 2 rings (SSSR count). The van der Waals surface area contributed by atoms with E-state index < -0.39 is 5.97 Å². The van der Waals surface area contributed by atoms with Crippen LogP contribution in [0.25, 0.3) is 10.8 Å². The van der Waals surface area contributed by atoms with Crippen LogP contribution in [0.3, 0.4) is 0 Å². The second-order valence-corrected chi connectivity index (χ2v) is 3.61. The van der Waals surface area contributed by atoms with Crippen molar-refractivity contribution in [2.75, 3.05) is 19.5 Å². The molecule has 2 aromatic rings. The molecule has 0 heterocycles. The summed E-state index contributed by atoms with van der Waals surface area (Å²) in [5, 5.41) is 14.5. The van der Waals surface area contributed by atoms with Crippen LogP contribution in [0.4, 0.5) is 5.69 Å². The lowest BCUT2D eigenvalue weighted by atomic mass is 10.0. The van der Waals surface area contributed by atoms with E-state index in [4.69, 9.17) is 0 Å². The van der Waals surface area contributed by atoms with Crippen molar-refractivity contribution in [1.82, 2.24) is 0 Å². The molecule has 0 amide bonds. The second kappa shape index (κ2) is 4.33. The van der Waals surface area contributed by atoms with Crippen molar-refractivity contribution in [1.29, 1.82) is 0 Å². The number of phenolic OH excluding ortho intramolecular Hbond substituents is 1. The minimum atomic E-state index is -0.551. The van der Waals surface area contributed by atoms with E-state index in [0.717, 1.165) is 11.1 Å². The molecule has 0 atom stereocenters. The second-order valence-electron chi connectivity index (χ2n) is 3.61. The number of hydrogen-bond acceptors (Lipinski definition) is 4. The van der Waals surface area contributed by atoms with Gasteiger partial charge in [-0.15, -0.1) is 0 Å². The van der Waals surface area contributed by atoms with Crippen LogP contribution in [0.5, 0.6) is 5.75 Å². The molecule has 0 spiro atoms. The SMILES string of the molecule is CNc1cc(C(=O)OC)c(O)c2ccccc12. The van der Waals surface area contributed by atoms with Crippen LogP contribution in [0.1, 0.15) is 10.4 Å². The number of rotatable bonds is 2.